The zero-order chi connectivity index (χ0) is 29.5. The quantitative estimate of drug-likeness (QED) is 0.0461. The Hall–Kier alpha value is -4.15. The van der Waals surface area contributed by atoms with E-state index in [1.165, 1.54) is 28.0 Å². The lowest BCUT2D eigenvalue weighted by Crippen LogP contribution is -2.29. The lowest BCUT2D eigenvalue weighted by Gasteiger charge is -2.22. The van der Waals surface area contributed by atoms with Crippen LogP contribution in [0, 0.1) is 0 Å². The third kappa shape index (κ3) is 6.50. The van der Waals surface area contributed by atoms with Crippen LogP contribution < -0.4 is 14.4 Å². The van der Waals surface area contributed by atoms with Crippen LogP contribution in [0.1, 0.15) is 49.4 Å². The summed E-state index contributed by atoms with van der Waals surface area (Å²) in [6.45, 7) is 5.08. The third-order valence-electron chi connectivity index (χ3n) is 6.65. The maximum atomic E-state index is 13.5. The first-order valence-electron chi connectivity index (χ1n) is 13.8. The number of hydrogen-bond donors (Lipinski definition) is 1. The Labute approximate surface area is 253 Å². The van der Waals surface area contributed by atoms with E-state index in [-0.39, 0.29) is 16.5 Å². The summed E-state index contributed by atoms with van der Waals surface area (Å²) >= 11 is 2.74. The molecule has 0 spiro atoms. The number of aromatic nitrogens is 2. The van der Waals surface area contributed by atoms with Crippen LogP contribution in [-0.4, -0.2) is 40.2 Å². The number of aliphatic hydroxyl groups is 1. The molecule has 1 fully saturated rings. The minimum atomic E-state index is -0.902. The molecule has 4 aromatic rings. The summed E-state index contributed by atoms with van der Waals surface area (Å²) < 4.78 is 12.0. The number of Topliss-reactive ketones (excluding diaryl/α,β-unsaturated/α-hetero) is 1. The molecule has 1 aromatic heterocycles. The first-order valence-corrected chi connectivity index (χ1v) is 15.6. The van der Waals surface area contributed by atoms with Crippen LogP contribution in [0.15, 0.2) is 88.8 Å². The van der Waals surface area contributed by atoms with E-state index in [4.69, 9.17) is 9.47 Å². The number of aliphatic hydroxyl groups excluding tert-OH is 1. The molecular formula is C32H31N3O5S2. The van der Waals surface area contributed by atoms with Gasteiger partial charge in [-0.1, -0.05) is 78.9 Å². The lowest BCUT2D eigenvalue weighted by molar-refractivity contribution is -0.132. The van der Waals surface area contributed by atoms with E-state index < -0.39 is 17.7 Å². The van der Waals surface area contributed by atoms with Crippen molar-refractivity contribution in [2.75, 3.05) is 18.1 Å². The number of anilines is 1. The summed E-state index contributed by atoms with van der Waals surface area (Å²) in [4.78, 5) is 28.4. The van der Waals surface area contributed by atoms with E-state index in [9.17, 15) is 14.7 Å². The highest BCUT2D eigenvalue weighted by Gasteiger charge is 2.48. The Morgan fingerprint density at radius 2 is 1.62 bits per heavy atom. The minimum Gasteiger partial charge on any atom is -0.507 e. The number of carbonyl (C=O) groups is 2. The van der Waals surface area contributed by atoms with Gasteiger partial charge >= 0.3 is 5.91 Å². The maximum Gasteiger partial charge on any atom is 0.301 e. The SMILES string of the molecule is CCCCOc1ccc(/C(O)=C2\C(=O)C(=O)N(c3nnc(SCc4ccccc4)s3)C2c2ccc(OCC)cc2)cc1. The normalized spacial score (nSPS) is 16.1. The smallest absolute Gasteiger partial charge is 0.301 e. The molecule has 1 amide bonds. The molecule has 0 bridgehead atoms. The number of amides is 1. The number of unbranched alkanes of at least 4 members (excludes halogenated alkanes) is 1. The fourth-order valence-electron chi connectivity index (χ4n) is 4.53. The minimum absolute atomic E-state index is 0.0162. The van der Waals surface area contributed by atoms with Crippen molar-refractivity contribution in [3.63, 3.8) is 0 Å². The van der Waals surface area contributed by atoms with Crippen molar-refractivity contribution in [3.05, 3.63) is 101 Å². The number of hydrogen-bond acceptors (Lipinski definition) is 9. The molecule has 8 nitrogen and oxygen atoms in total. The third-order valence-corrected chi connectivity index (χ3v) is 8.78. The van der Waals surface area contributed by atoms with Gasteiger partial charge in [0.15, 0.2) is 4.34 Å². The Kier molecular flexibility index (Phi) is 9.55. The van der Waals surface area contributed by atoms with Crippen molar-refractivity contribution in [3.8, 4) is 11.5 Å². The van der Waals surface area contributed by atoms with Crippen LogP contribution in [0.25, 0.3) is 5.76 Å². The molecule has 1 saturated heterocycles. The number of carbonyl (C=O) groups excluding carboxylic acids is 2. The van der Waals surface area contributed by atoms with Crippen molar-refractivity contribution >= 4 is 45.7 Å². The second kappa shape index (κ2) is 13.7. The summed E-state index contributed by atoms with van der Waals surface area (Å²) in [5.74, 6) is 0.187. The van der Waals surface area contributed by atoms with Gasteiger partial charge in [0, 0.05) is 11.3 Å². The average molecular weight is 602 g/mol. The number of ketones is 1. The molecule has 0 aliphatic carbocycles. The van der Waals surface area contributed by atoms with Crippen LogP contribution in [0.3, 0.4) is 0 Å². The molecule has 42 heavy (non-hydrogen) atoms. The van der Waals surface area contributed by atoms with E-state index in [1.54, 1.807) is 48.5 Å². The molecule has 3 aromatic carbocycles. The summed E-state index contributed by atoms with van der Waals surface area (Å²) in [6, 6.07) is 23.1. The fourth-order valence-corrected chi connectivity index (χ4v) is 6.36. The predicted molar refractivity (Wildman–Crippen MR) is 165 cm³/mol. The summed E-state index contributed by atoms with van der Waals surface area (Å²) in [7, 11) is 0. The molecule has 2 heterocycles. The second-order valence-electron chi connectivity index (χ2n) is 9.52. The number of thioether (sulfide) groups is 1. The topological polar surface area (TPSA) is 102 Å². The number of rotatable bonds is 12. The average Bonchev–Trinajstić information content (AvgIpc) is 3.59. The molecule has 216 valence electrons. The van der Waals surface area contributed by atoms with Crippen LogP contribution in [0.2, 0.25) is 0 Å². The summed E-state index contributed by atoms with van der Waals surface area (Å²) in [6.07, 6.45) is 1.96. The second-order valence-corrected chi connectivity index (χ2v) is 11.7. The van der Waals surface area contributed by atoms with Crippen molar-refractivity contribution in [2.45, 2.75) is 42.8 Å². The van der Waals surface area contributed by atoms with Gasteiger partial charge < -0.3 is 14.6 Å². The van der Waals surface area contributed by atoms with Gasteiger partial charge in [0.1, 0.15) is 17.3 Å². The number of benzene rings is 3. The first kappa shape index (κ1) is 29.3. The van der Waals surface area contributed by atoms with Crippen LogP contribution in [0.4, 0.5) is 5.13 Å². The van der Waals surface area contributed by atoms with Crippen LogP contribution >= 0.6 is 23.1 Å². The fraction of sp³-hybridized carbons (Fsp3) is 0.250. The van der Waals surface area contributed by atoms with Crippen molar-refractivity contribution in [1.82, 2.24) is 10.2 Å². The Balaban J connectivity index is 1.50. The van der Waals surface area contributed by atoms with Gasteiger partial charge in [-0.05, 0) is 60.9 Å². The van der Waals surface area contributed by atoms with Gasteiger partial charge in [0.2, 0.25) is 5.13 Å². The molecule has 1 aliphatic heterocycles. The molecule has 1 unspecified atom stereocenters. The maximum absolute atomic E-state index is 13.5. The Bertz CT molecular complexity index is 1550. The molecule has 0 saturated carbocycles. The first-order chi connectivity index (χ1) is 20.5. The molecule has 0 radical (unpaired) electrons. The van der Waals surface area contributed by atoms with E-state index >= 15 is 0 Å². The molecular weight excluding hydrogens is 571 g/mol. The van der Waals surface area contributed by atoms with Gasteiger partial charge in [-0.3, -0.25) is 14.5 Å². The van der Waals surface area contributed by atoms with Crippen LogP contribution in [0.5, 0.6) is 11.5 Å². The van der Waals surface area contributed by atoms with E-state index in [0.29, 0.717) is 45.9 Å². The zero-order valence-electron chi connectivity index (χ0n) is 23.4. The highest BCUT2D eigenvalue weighted by atomic mass is 32.2. The van der Waals surface area contributed by atoms with Crippen molar-refractivity contribution < 1.29 is 24.2 Å². The number of nitrogens with zero attached hydrogens (tertiary/aromatic N) is 3. The van der Waals surface area contributed by atoms with Crippen molar-refractivity contribution in [1.29, 1.82) is 0 Å². The van der Waals surface area contributed by atoms with E-state index in [1.807, 2.05) is 37.3 Å². The van der Waals surface area contributed by atoms with Crippen molar-refractivity contribution in [2.24, 2.45) is 0 Å². The highest BCUT2D eigenvalue weighted by molar-refractivity contribution is 8.00. The molecule has 1 atom stereocenters. The summed E-state index contributed by atoms with van der Waals surface area (Å²) in [5.41, 5.74) is 2.16. The number of ether oxygens (including phenoxy) is 2. The Morgan fingerprint density at radius 1 is 0.929 bits per heavy atom. The monoisotopic (exact) mass is 601 g/mol. The standard InChI is InChI=1S/C32H31N3O5S2/c1-3-5-19-40-25-17-13-23(14-18-25)28(36)26-27(22-11-15-24(16-12-22)39-4-2)35(30(38)29(26)37)31-33-34-32(42-31)41-20-21-9-7-6-8-10-21/h6-18,27,36H,3-5,19-20H2,1-2H3/b28-26+. The lowest BCUT2D eigenvalue weighted by atomic mass is 9.95. The highest BCUT2D eigenvalue weighted by Crippen LogP contribution is 2.44. The largest absolute Gasteiger partial charge is 0.507 e. The van der Waals surface area contributed by atoms with Gasteiger partial charge in [-0.25, -0.2) is 0 Å². The van der Waals surface area contributed by atoms with E-state index in [0.717, 1.165) is 18.4 Å². The van der Waals surface area contributed by atoms with Gasteiger partial charge in [-0.2, -0.15) is 0 Å². The zero-order valence-corrected chi connectivity index (χ0v) is 25.0. The molecule has 1 N–H and O–H groups in total. The molecule has 10 heteroatoms. The van der Waals surface area contributed by atoms with Gasteiger partial charge in [0.25, 0.3) is 5.78 Å². The van der Waals surface area contributed by atoms with E-state index in [2.05, 4.69) is 17.1 Å². The van der Waals surface area contributed by atoms with Crippen LogP contribution in [-0.2, 0) is 15.3 Å². The molecule has 5 rings (SSSR count). The molecule has 1 aliphatic rings. The predicted octanol–water partition coefficient (Wildman–Crippen LogP) is 7.03. The van der Waals surface area contributed by atoms with Gasteiger partial charge in [0.05, 0.1) is 24.8 Å². The Morgan fingerprint density at radius 3 is 2.31 bits per heavy atom. The van der Waals surface area contributed by atoms with Gasteiger partial charge in [-0.15, -0.1) is 10.2 Å². The summed E-state index contributed by atoms with van der Waals surface area (Å²) in [5, 5.41) is 20.3.